The Balaban J connectivity index is 2.29. The van der Waals surface area contributed by atoms with E-state index < -0.39 is 21.5 Å². The summed E-state index contributed by atoms with van der Waals surface area (Å²) in [6.45, 7) is 0. The van der Waals surface area contributed by atoms with Crippen LogP contribution in [-0.2, 0) is 19.6 Å². The second kappa shape index (κ2) is 4.64. The number of rotatable bonds is 4. The number of esters is 1. The predicted octanol–water partition coefficient (Wildman–Crippen LogP) is 1.43. The first-order chi connectivity index (χ1) is 8.41. The van der Waals surface area contributed by atoms with Gasteiger partial charge < -0.3 is 4.74 Å². The summed E-state index contributed by atoms with van der Waals surface area (Å²) in [5.74, 6) is -0.543. The summed E-state index contributed by atoms with van der Waals surface area (Å²) in [5, 5.41) is 0. The molecule has 0 radical (unpaired) electrons. The standard InChI is InChI=1S/C11H12BrNO4S/c1-17-10(14)11(6-7-11)13-18(15,16)9-5-3-2-4-8(9)12/h2-5,13H,6-7H2,1H3. The Morgan fingerprint density at radius 1 is 1.39 bits per heavy atom. The SMILES string of the molecule is COC(=O)C1(NS(=O)(=O)c2ccccc2Br)CC1. The molecule has 2 rings (SSSR count). The lowest BCUT2D eigenvalue weighted by Gasteiger charge is -2.15. The van der Waals surface area contributed by atoms with Crippen molar-refractivity contribution in [1.29, 1.82) is 0 Å². The van der Waals surface area contributed by atoms with Crippen LogP contribution in [0.2, 0.25) is 0 Å². The number of ether oxygens (including phenoxy) is 1. The summed E-state index contributed by atoms with van der Waals surface area (Å²) in [4.78, 5) is 11.6. The van der Waals surface area contributed by atoms with Crippen LogP contribution in [0.4, 0.5) is 0 Å². The number of carbonyl (C=O) groups is 1. The second-order valence-corrected chi connectivity index (χ2v) is 6.61. The number of sulfonamides is 1. The zero-order valence-electron chi connectivity index (χ0n) is 9.64. The normalized spacial score (nSPS) is 17.2. The molecule has 0 spiro atoms. The Morgan fingerprint density at radius 2 is 2.00 bits per heavy atom. The number of halogens is 1. The van der Waals surface area contributed by atoms with Gasteiger partial charge in [0, 0.05) is 4.47 Å². The van der Waals surface area contributed by atoms with Crippen molar-refractivity contribution in [3.05, 3.63) is 28.7 Å². The number of hydrogen-bond donors (Lipinski definition) is 1. The molecule has 0 unspecified atom stereocenters. The predicted molar refractivity (Wildman–Crippen MR) is 68.4 cm³/mol. The molecule has 1 aromatic carbocycles. The molecule has 0 aliphatic heterocycles. The molecule has 0 amide bonds. The molecule has 0 aromatic heterocycles. The average molecular weight is 334 g/mol. The second-order valence-electron chi connectivity index (χ2n) is 4.11. The highest BCUT2D eigenvalue weighted by Crippen LogP contribution is 2.38. The lowest BCUT2D eigenvalue weighted by molar-refractivity contribution is -0.143. The van der Waals surface area contributed by atoms with Gasteiger partial charge in [-0.3, -0.25) is 4.79 Å². The minimum Gasteiger partial charge on any atom is -0.468 e. The van der Waals surface area contributed by atoms with Crippen LogP contribution in [0.3, 0.4) is 0 Å². The Labute approximate surface area is 114 Å². The van der Waals surface area contributed by atoms with Gasteiger partial charge in [-0.05, 0) is 40.9 Å². The molecule has 5 nitrogen and oxygen atoms in total. The molecule has 98 valence electrons. The van der Waals surface area contributed by atoms with Crippen LogP contribution in [0, 0.1) is 0 Å². The van der Waals surface area contributed by atoms with Crippen LogP contribution in [0.25, 0.3) is 0 Å². The number of carbonyl (C=O) groups excluding carboxylic acids is 1. The largest absolute Gasteiger partial charge is 0.468 e. The third-order valence-corrected chi connectivity index (χ3v) is 5.33. The minimum absolute atomic E-state index is 0.111. The van der Waals surface area contributed by atoms with E-state index in [1.807, 2.05) is 0 Å². The number of methoxy groups -OCH3 is 1. The molecule has 0 saturated heterocycles. The van der Waals surface area contributed by atoms with Crippen LogP contribution < -0.4 is 4.72 Å². The van der Waals surface area contributed by atoms with E-state index in [0.29, 0.717) is 17.3 Å². The van der Waals surface area contributed by atoms with Gasteiger partial charge in [-0.2, -0.15) is 4.72 Å². The minimum atomic E-state index is -3.74. The molecule has 18 heavy (non-hydrogen) atoms. The van der Waals surface area contributed by atoms with Gasteiger partial charge in [0.1, 0.15) is 5.54 Å². The monoisotopic (exact) mass is 333 g/mol. The highest BCUT2D eigenvalue weighted by Gasteiger charge is 2.54. The van der Waals surface area contributed by atoms with Crippen molar-refractivity contribution in [3.8, 4) is 0 Å². The fourth-order valence-corrected chi connectivity index (χ4v) is 4.06. The molecule has 0 atom stereocenters. The molecule has 7 heteroatoms. The maximum atomic E-state index is 12.2. The van der Waals surface area contributed by atoms with Gasteiger partial charge in [-0.15, -0.1) is 0 Å². The maximum absolute atomic E-state index is 12.2. The van der Waals surface area contributed by atoms with E-state index in [1.54, 1.807) is 18.2 Å². The van der Waals surface area contributed by atoms with Crippen molar-refractivity contribution >= 4 is 31.9 Å². The Hall–Kier alpha value is -0.920. The molecule has 0 bridgehead atoms. The zero-order chi connectivity index (χ0) is 13.4. The summed E-state index contributed by atoms with van der Waals surface area (Å²) in [5.41, 5.74) is -1.08. The molecular weight excluding hydrogens is 322 g/mol. The Morgan fingerprint density at radius 3 is 2.50 bits per heavy atom. The van der Waals surface area contributed by atoms with Crippen molar-refractivity contribution < 1.29 is 17.9 Å². The van der Waals surface area contributed by atoms with E-state index in [9.17, 15) is 13.2 Å². The van der Waals surface area contributed by atoms with E-state index in [0.717, 1.165) is 0 Å². The molecule has 1 aliphatic carbocycles. The number of nitrogens with one attached hydrogen (secondary N) is 1. The summed E-state index contributed by atoms with van der Waals surface area (Å²) < 4.78 is 31.8. The molecule has 1 N–H and O–H groups in total. The van der Waals surface area contributed by atoms with Gasteiger partial charge in [0.05, 0.1) is 12.0 Å². The fraction of sp³-hybridized carbons (Fsp3) is 0.364. The van der Waals surface area contributed by atoms with Gasteiger partial charge in [0.25, 0.3) is 0 Å². The highest BCUT2D eigenvalue weighted by molar-refractivity contribution is 9.10. The van der Waals surface area contributed by atoms with Gasteiger partial charge >= 0.3 is 5.97 Å². The van der Waals surface area contributed by atoms with E-state index in [2.05, 4.69) is 25.4 Å². The Bertz CT molecular complexity index is 580. The van der Waals surface area contributed by atoms with Crippen molar-refractivity contribution in [1.82, 2.24) is 4.72 Å². The molecule has 1 fully saturated rings. The lowest BCUT2D eigenvalue weighted by Crippen LogP contribution is -2.43. The molecular formula is C11H12BrNO4S. The van der Waals surface area contributed by atoms with Crippen molar-refractivity contribution in [3.63, 3.8) is 0 Å². The van der Waals surface area contributed by atoms with E-state index >= 15 is 0 Å². The molecule has 0 heterocycles. The summed E-state index contributed by atoms with van der Waals surface area (Å²) >= 11 is 3.18. The van der Waals surface area contributed by atoms with Gasteiger partial charge in [0.2, 0.25) is 10.0 Å². The topological polar surface area (TPSA) is 72.5 Å². The van der Waals surface area contributed by atoms with Crippen molar-refractivity contribution in [2.24, 2.45) is 0 Å². The van der Waals surface area contributed by atoms with E-state index in [1.165, 1.54) is 13.2 Å². The summed E-state index contributed by atoms with van der Waals surface area (Å²) in [6, 6.07) is 6.44. The zero-order valence-corrected chi connectivity index (χ0v) is 12.0. The average Bonchev–Trinajstić information content (AvgIpc) is 3.08. The van der Waals surface area contributed by atoms with E-state index in [-0.39, 0.29) is 4.90 Å². The Kier molecular flexibility index (Phi) is 3.48. The molecule has 1 saturated carbocycles. The third-order valence-electron chi connectivity index (χ3n) is 2.78. The van der Waals surface area contributed by atoms with Crippen molar-refractivity contribution in [2.75, 3.05) is 7.11 Å². The van der Waals surface area contributed by atoms with Crippen LogP contribution in [0.15, 0.2) is 33.6 Å². The quantitative estimate of drug-likeness (QED) is 0.846. The van der Waals surface area contributed by atoms with Crippen LogP contribution in [-0.4, -0.2) is 27.0 Å². The van der Waals surface area contributed by atoms with Gasteiger partial charge in [-0.25, -0.2) is 8.42 Å². The maximum Gasteiger partial charge on any atom is 0.327 e. The highest BCUT2D eigenvalue weighted by atomic mass is 79.9. The third kappa shape index (κ3) is 2.43. The van der Waals surface area contributed by atoms with Gasteiger partial charge in [-0.1, -0.05) is 12.1 Å². The summed E-state index contributed by atoms with van der Waals surface area (Å²) in [6.07, 6.45) is 0.923. The number of benzene rings is 1. The smallest absolute Gasteiger partial charge is 0.327 e. The van der Waals surface area contributed by atoms with Crippen LogP contribution >= 0.6 is 15.9 Å². The lowest BCUT2D eigenvalue weighted by atomic mass is 10.3. The first-order valence-corrected chi connectivity index (χ1v) is 7.56. The van der Waals surface area contributed by atoms with Crippen molar-refractivity contribution in [2.45, 2.75) is 23.3 Å². The van der Waals surface area contributed by atoms with Crippen LogP contribution in [0.5, 0.6) is 0 Å². The first kappa shape index (κ1) is 13.5. The first-order valence-electron chi connectivity index (χ1n) is 5.28. The molecule has 1 aliphatic rings. The fourth-order valence-electron chi connectivity index (χ4n) is 1.64. The molecule has 1 aromatic rings. The number of hydrogen-bond acceptors (Lipinski definition) is 4. The van der Waals surface area contributed by atoms with E-state index in [4.69, 9.17) is 0 Å². The van der Waals surface area contributed by atoms with Crippen LogP contribution in [0.1, 0.15) is 12.8 Å². The van der Waals surface area contributed by atoms with Gasteiger partial charge in [0.15, 0.2) is 0 Å². The summed E-state index contributed by atoms with van der Waals surface area (Å²) in [7, 11) is -2.49.